The predicted molar refractivity (Wildman–Crippen MR) is 120 cm³/mol. The molecule has 1 aromatic heterocycles. The summed E-state index contributed by atoms with van der Waals surface area (Å²) in [7, 11) is 1.67. The van der Waals surface area contributed by atoms with Crippen molar-refractivity contribution < 1.29 is 4.79 Å². The van der Waals surface area contributed by atoms with E-state index < -0.39 is 0 Å². The lowest BCUT2D eigenvalue weighted by molar-refractivity contribution is 0.251. The number of aromatic nitrogens is 2. The van der Waals surface area contributed by atoms with Crippen molar-refractivity contribution in [3.05, 3.63) is 75.4 Å². The highest BCUT2D eigenvalue weighted by Gasteiger charge is 2.32. The Morgan fingerprint density at radius 1 is 1.10 bits per heavy atom. The molecule has 0 bridgehead atoms. The molecule has 0 saturated carbocycles. The molecule has 0 fully saturated rings. The van der Waals surface area contributed by atoms with E-state index in [1.54, 1.807) is 31.4 Å². The standard InChI is InChI=1S/C21H20Cl2N6O/c1-28-19-15(12-29(21(28)30)18-16(22)3-2-4-17(18)23)11-26-20(27-19)25-10-14-7-5-13(9-24)6-8-14/h2-8,11H,9-10,12,24H2,1H3,(H,25,26,27). The smallest absolute Gasteiger partial charge is 0.330 e. The van der Waals surface area contributed by atoms with Crippen LogP contribution in [0.2, 0.25) is 10.0 Å². The van der Waals surface area contributed by atoms with Crippen LogP contribution in [0, 0.1) is 0 Å². The molecule has 2 heterocycles. The minimum atomic E-state index is -0.264. The van der Waals surface area contributed by atoms with Gasteiger partial charge in [0, 0.05) is 31.9 Å². The molecule has 9 heteroatoms. The van der Waals surface area contributed by atoms with Crippen LogP contribution in [0.25, 0.3) is 0 Å². The highest BCUT2D eigenvalue weighted by Crippen LogP contribution is 2.38. The Bertz CT molecular complexity index is 1070. The molecule has 1 aliphatic heterocycles. The molecule has 7 nitrogen and oxygen atoms in total. The van der Waals surface area contributed by atoms with Gasteiger partial charge in [0.05, 0.1) is 22.3 Å². The number of hydrogen-bond donors (Lipinski definition) is 2. The number of rotatable bonds is 5. The van der Waals surface area contributed by atoms with Gasteiger partial charge in [0.25, 0.3) is 0 Å². The number of hydrogen-bond acceptors (Lipinski definition) is 5. The van der Waals surface area contributed by atoms with Gasteiger partial charge in [-0.3, -0.25) is 9.80 Å². The molecule has 0 spiro atoms. The van der Waals surface area contributed by atoms with Gasteiger partial charge < -0.3 is 11.1 Å². The normalized spacial score (nSPS) is 13.4. The Morgan fingerprint density at radius 2 is 1.77 bits per heavy atom. The minimum absolute atomic E-state index is 0.264. The SMILES string of the molecule is CN1C(=O)N(c2c(Cl)cccc2Cl)Cc2cnc(NCc3ccc(CN)cc3)nc21. The van der Waals surface area contributed by atoms with Crippen LogP contribution in [0.3, 0.4) is 0 Å². The van der Waals surface area contributed by atoms with Gasteiger partial charge in [-0.1, -0.05) is 53.5 Å². The first-order valence-corrected chi connectivity index (χ1v) is 10.1. The fourth-order valence-corrected chi connectivity index (χ4v) is 3.89. The highest BCUT2D eigenvalue weighted by atomic mass is 35.5. The number of nitrogens with two attached hydrogens (primary N) is 1. The lowest BCUT2D eigenvalue weighted by Crippen LogP contribution is -2.46. The molecule has 3 N–H and O–H groups in total. The number of carbonyl (C=O) groups excluding carboxylic acids is 1. The first kappa shape index (κ1) is 20.4. The number of nitrogens with zero attached hydrogens (tertiary/aromatic N) is 4. The number of para-hydroxylation sites is 1. The van der Waals surface area contributed by atoms with Gasteiger partial charge in [-0.2, -0.15) is 4.98 Å². The molecule has 0 radical (unpaired) electrons. The predicted octanol–water partition coefficient (Wildman–Crippen LogP) is 4.43. The zero-order valence-corrected chi connectivity index (χ0v) is 17.8. The van der Waals surface area contributed by atoms with E-state index in [1.807, 2.05) is 24.3 Å². The monoisotopic (exact) mass is 442 g/mol. The molecule has 2 amide bonds. The summed E-state index contributed by atoms with van der Waals surface area (Å²) in [6.45, 7) is 1.35. The Morgan fingerprint density at radius 3 is 2.43 bits per heavy atom. The van der Waals surface area contributed by atoms with Crippen LogP contribution in [0.15, 0.2) is 48.7 Å². The Hall–Kier alpha value is -2.87. The van der Waals surface area contributed by atoms with Gasteiger partial charge in [0.1, 0.15) is 5.82 Å². The van der Waals surface area contributed by atoms with Gasteiger partial charge in [0.2, 0.25) is 5.95 Å². The largest absolute Gasteiger partial charge is 0.350 e. The summed E-state index contributed by atoms with van der Waals surface area (Å²) in [5.41, 5.74) is 9.06. The van der Waals surface area contributed by atoms with Crippen LogP contribution in [-0.4, -0.2) is 23.0 Å². The van der Waals surface area contributed by atoms with Crippen LogP contribution in [0.1, 0.15) is 16.7 Å². The highest BCUT2D eigenvalue weighted by molar-refractivity contribution is 6.40. The summed E-state index contributed by atoms with van der Waals surface area (Å²) in [5, 5.41) is 4.02. The van der Waals surface area contributed by atoms with E-state index in [0.29, 0.717) is 40.6 Å². The van der Waals surface area contributed by atoms with Gasteiger partial charge in [-0.05, 0) is 23.3 Å². The third-order valence-electron chi connectivity index (χ3n) is 4.92. The first-order valence-electron chi connectivity index (χ1n) is 9.35. The Kier molecular flexibility index (Phi) is 5.76. The second-order valence-electron chi connectivity index (χ2n) is 6.91. The van der Waals surface area contributed by atoms with Gasteiger partial charge in [0.15, 0.2) is 0 Å². The summed E-state index contributed by atoms with van der Waals surface area (Å²) in [6, 6.07) is 12.9. The van der Waals surface area contributed by atoms with E-state index in [1.165, 1.54) is 9.80 Å². The molecule has 0 atom stereocenters. The molecule has 1 aliphatic rings. The van der Waals surface area contributed by atoms with Crippen molar-refractivity contribution in [1.29, 1.82) is 0 Å². The average Bonchev–Trinajstić information content (AvgIpc) is 2.76. The van der Waals surface area contributed by atoms with Crippen molar-refractivity contribution in [2.75, 3.05) is 22.2 Å². The van der Waals surface area contributed by atoms with Crippen molar-refractivity contribution in [2.24, 2.45) is 5.73 Å². The maximum absolute atomic E-state index is 13.0. The number of carbonyl (C=O) groups is 1. The van der Waals surface area contributed by atoms with E-state index in [2.05, 4.69) is 15.3 Å². The Balaban J connectivity index is 1.55. The van der Waals surface area contributed by atoms with Crippen LogP contribution >= 0.6 is 23.2 Å². The fraction of sp³-hybridized carbons (Fsp3) is 0.190. The van der Waals surface area contributed by atoms with E-state index in [0.717, 1.165) is 16.7 Å². The molecule has 30 heavy (non-hydrogen) atoms. The van der Waals surface area contributed by atoms with E-state index in [4.69, 9.17) is 28.9 Å². The molecule has 154 valence electrons. The van der Waals surface area contributed by atoms with E-state index in [-0.39, 0.29) is 12.6 Å². The topological polar surface area (TPSA) is 87.4 Å². The van der Waals surface area contributed by atoms with Crippen LogP contribution in [0.4, 0.5) is 22.2 Å². The van der Waals surface area contributed by atoms with E-state index in [9.17, 15) is 4.79 Å². The number of amides is 2. The minimum Gasteiger partial charge on any atom is -0.350 e. The fourth-order valence-electron chi connectivity index (χ4n) is 3.29. The quantitative estimate of drug-likeness (QED) is 0.609. The Labute approximate surface area is 184 Å². The molecular weight excluding hydrogens is 423 g/mol. The number of anilines is 3. The number of nitrogens with one attached hydrogen (secondary N) is 1. The lowest BCUT2D eigenvalue weighted by atomic mass is 10.1. The maximum atomic E-state index is 13.0. The van der Waals surface area contributed by atoms with Crippen molar-refractivity contribution in [3.63, 3.8) is 0 Å². The van der Waals surface area contributed by atoms with Gasteiger partial charge in [-0.25, -0.2) is 9.78 Å². The average molecular weight is 443 g/mol. The molecular formula is C21H20Cl2N6O. The summed E-state index contributed by atoms with van der Waals surface area (Å²) in [4.78, 5) is 24.9. The van der Waals surface area contributed by atoms with Gasteiger partial charge in [-0.15, -0.1) is 0 Å². The molecule has 3 aromatic rings. The van der Waals surface area contributed by atoms with Crippen LogP contribution < -0.4 is 20.9 Å². The maximum Gasteiger partial charge on any atom is 0.330 e. The summed E-state index contributed by atoms with van der Waals surface area (Å²) >= 11 is 12.6. The molecule has 0 unspecified atom stereocenters. The second-order valence-corrected chi connectivity index (χ2v) is 7.73. The zero-order chi connectivity index (χ0) is 21.3. The molecule has 4 rings (SSSR count). The summed E-state index contributed by atoms with van der Waals surface area (Å²) in [6.07, 6.45) is 1.71. The molecule has 0 saturated heterocycles. The van der Waals surface area contributed by atoms with Crippen LogP contribution in [0.5, 0.6) is 0 Å². The number of halogens is 2. The van der Waals surface area contributed by atoms with E-state index >= 15 is 0 Å². The lowest BCUT2D eigenvalue weighted by Gasteiger charge is -2.34. The molecule has 0 aliphatic carbocycles. The van der Waals surface area contributed by atoms with Crippen molar-refractivity contribution in [3.8, 4) is 0 Å². The third-order valence-corrected chi connectivity index (χ3v) is 5.53. The first-order chi connectivity index (χ1) is 14.5. The third kappa shape index (κ3) is 3.92. The number of urea groups is 1. The van der Waals surface area contributed by atoms with Gasteiger partial charge >= 0.3 is 6.03 Å². The van der Waals surface area contributed by atoms with Crippen molar-refractivity contribution in [2.45, 2.75) is 19.6 Å². The molecule has 2 aromatic carbocycles. The number of benzene rings is 2. The summed E-state index contributed by atoms with van der Waals surface area (Å²) in [5.74, 6) is 0.996. The van der Waals surface area contributed by atoms with Crippen molar-refractivity contribution in [1.82, 2.24) is 9.97 Å². The zero-order valence-electron chi connectivity index (χ0n) is 16.3. The second kappa shape index (κ2) is 8.47. The number of fused-ring (bicyclic) bond motifs is 1. The van der Waals surface area contributed by atoms with Crippen LogP contribution in [-0.2, 0) is 19.6 Å². The van der Waals surface area contributed by atoms with Crippen molar-refractivity contribution >= 4 is 46.7 Å². The summed E-state index contributed by atoms with van der Waals surface area (Å²) < 4.78 is 0.